The fraction of sp³-hybridized carbons (Fsp3) is 0.179. The minimum atomic E-state index is -0.488. The van der Waals surface area contributed by atoms with Crippen molar-refractivity contribution in [2.24, 2.45) is 0 Å². The smallest absolute Gasteiger partial charge is 0.358 e. The number of carbonyl (C=O) groups is 2. The van der Waals surface area contributed by atoms with Crippen LogP contribution in [-0.4, -0.2) is 34.8 Å². The lowest BCUT2D eigenvalue weighted by atomic mass is 10.1. The average Bonchev–Trinajstić information content (AvgIpc) is 3.31. The van der Waals surface area contributed by atoms with E-state index in [1.54, 1.807) is 54.1 Å². The first-order valence-corrected chi connectivity index (χ1v) is 11.4. The third kappa shape index (κ3) is 5.63. The molecule has 0 aliphatic rings. The molecule has 1 amide bonds. The Morgan fingerprint density at radius 2 is 1.71 bits per heavy atom. The van der Waals surface area contributed by atoms with Crippen LogP contribution in [0.2, 0.25) is 0 Å². The summed E-state index contributed by atoms with van der Waals surface area (Å²) in [4.78, 5) is 24.9. The Morgan fingerprint density at radius 3 is 2.40 bits per heavy atom. The van der Waals surface area contributed by atoms with Crippen LogP contribution in [0.4, 0.5) is 4.39 Å². The SMILES string of the molecule is CCOC(=O)c1cc(-c2ccccc2C)n(-c2ccc(C(=O)NCCc3ccc(F)cc3)cc2)n1. The van der Waals surface area contributed by atoms with E-state index in [0.29, 0.717) is 24.2 Å². The highest BCUT2D eigenvalue weighted by Crippen LogP contribution is 2.27. The molecule has 0 aliphatic heterocycles. The quantitative estimate of drug-likeness (QED) is 0.361. The maximum absolute atomic E-state index is 13.0. The molecule has 0 radical (unpaired) electrons. The van der Waals surface area contributed by atoms with Crippen LogP contribution in [0.15, 0.2) is 78.9 Å². The molecule has 0 aliphatic carbocycles. The summed E-state index contributed by atoms with van der Waals surface area (Å²) >= 11 is 0. The number of benzene rings is 3. The molecule has 7 heteroatoms. The zero-order valence-corrected chi connectivity index (χ0v) is 19.6. The molecule has 1 aromatic heterocycles. The second-order valence-corrected chi connectivity index (χ2v) is 8.04. The van der Waals surface area contributed by atoms with E-state index in [1.807, 2.05) is 31.2 Å². The van der Waals surface area contributed by atoms with Gasteiger partial charge in [-0.15, -0.1) is 0 Å². The Bertz CT molecular complexity index is 1330. The topological polar surface area (TPSA) is 73.2 Å². The van der Waals surface area contributed by atoms with Crippen LogP contribution in [0.3, 0.4) is 0 Å². The lowest BCUT2D eigenvalue weighted by Crippen LogP contribution is -2.25. The van der Waals surface area contributed by atoms with Crippen molar-refractivity contribution >= 4 is 11.9 Å². The number of aromatic nitrogens is 2. The van der Waals surface area contributed by atoms with Crippen molar-refractivity contribution in [3.63, 3.8) is 0 Å². The molecule has 4 aromatic rings. The van der Waals surface area contributed by atoms with Crippen molar-refractivity contribution in [3.05, 3.63) is 107 Å². The minimum absolute atomic E-state index is 0.203. The number of amides is 1. The number of carbonyl (C=O) groups excluding carboxylic acids is 2. The monoisotopic (exact) mass is 471 g/mol. The van der Waals surface area contributed by atoms with E-state index in [1.165, 1.54) is 12.1 Å². The van der Waals surface area contributed by atoms with Gasteiger partial charge in [0, 0.05) is 17.7 Å². The predicted molar refractivity (Wildman–Crippen MR) is 132 cm³/mol. The number of nitrogens with one attached hydrogen (secondary N) is 1. The van der Waals surface area contributed by atoms with Gasteiger partial charge >= 0.3 is 5.97 Å². The van der Waals surface area contributed by atoms with Gasteiger partial charge in [0.25, 0.3) is 5.91 Å². The van der Waals surface area contributed by atoms with Gasteiger partial charge in [-0.05, 0) is 73.9 Å². The number of halogens is 1. The molecule has 0 atom stereocenters. The summed E-state index contributed by atoms with van der Waals surface area (Å²) in [5.74, 6) is -0.973. The molecule has 0 spiro atoms. The molecule has 6 nitrogen and oxygen atoms in total. The Kier molecular flexibility index (Phi) is 7.35. The Labute approximate surface area is 203 Å². The molecule has 0 fully saturated rings. The van der Waals surface area contributed by atoms with Gasteiger partial charge in [-0.25, -0.2) is 13.9 Å². The third-order valence-electron chi connectivity index (χ3n) is 5.60. The molecule has 0 saturated heterocycles. The number of aryl methyl sites for hydroxylation is 1. The molecule has 0 saturated carbocycles. The molecular formula is C28H26FN3O3. The first-order valence-electron chi connectivity index (χ1n) is 11.4. The van der Waals surface area contributed by atoms with E-state index in [4.69, 9.17) is 4.74 Å². The van der Waals surface area contributed by atoms with Crippen LogP contribution in [-0.2, 0) is 11.2 Å². The van der Waals surface area contributed by atoms with Crippen molar-refractivity contribution in [2.45, 2.75) is 20.3 Å². The Hall–Kier alpha value is -4.26. The number of esters is 1. The zero-order chi connectivity index (χ0) is 24.8. The first-order chi connectivity index (χ1) is 17.0. The number of hydrogen-bond donors (Lipinski definition) is 1. The van der Waals surface area contributed by atoms with Crippen molar-refractivity contribution < 1.29 is 18.7 Å². The van der Waals surface area contributed by atoms with Crippen molar-refractivity contribution in [1.82, 2.24) is 15.1 Å². The van der Waals surface area contributed by atoms with Crippen molar-refractivity contribution in [1.29, 1.82) is 0 Å². The molecule has 1 heterocycles. The Balaban J connectivity index is 1.53. The molecule has 0 unspecified atom stereocenters. The first kappa shape index (κ1) is 23.9. The van der Waals surface area contributed by atoms with Crippen molar-refractivity contribution in [2.75, 3.05) is 13.2 Å². The normalized spacial score (nSPS) is 10.7. The highest BCUT2D eigenvalue weighted by molar-refractivity contribution is 5.94. The fourth-order valence-corrected chi connectivity index (χ4v) is 3.76. The average molecular weight is 472 g/mol. The Morgan fingerprint density at radius 1 is 1.00 bits per heavy atom. The summed E-state index contributed by atoms with van der Waals surface area (Å²) in [5, 5.41) is 7.38. The second kappa shape index (κ2) is 10.8. The molecule has 4 rings (SSSR count). The largest absolute Gasteiger partial charge is 0.461 e. The van der Waals surface area contributed by atoms with Gasteiger partial charge in [-0.3, -0.25) is 4.79 Å². The van der Waals surface area contributed by atoms with Crippen LogP contribution in [0.1, 0.15) is 38.9 Å². The number of hydrogen-bond acceptors (Lipinski definition) is 4. The minimum Gasteiger partial charge on any atom is -0.461 e. The second-order valence-electron chi connectivity index (χ2n) is 8.04. The van der Waals surface area contributed by atoms with E-state index < -0.39 is 5.97 Å². The van der Waals surface area contributed by atoms with Crippen LogP contribution in [0, 0.1) is 12.7 Å². The highest BCUT2D eigenvalue weighted by atomic mass is 19.1. The van der Waals surface area contributed by atoms with Gasteiger partial charge < -0.3 is 10.1 Å². The molecule has 35 heavy (non-hydrogen) atoms. The summed E-state index contributed by atoms with van der Waals surface area (Å²) in [6.45, 7) is 4.44. The van der Waals surface area contributed by atoms with E-state index in [2.05, 4.69) is 10.4 Å². The standard InChI is InChI=1S/C28H26FN3O3/c1-3-35-28(34)25-18-26(24-7-5-4-6-19(24)2)32(31-25)23-14-10-21(11-15-23)27(33)30-17-16-20-8-12-22(29)13-9-20/h4-15,18H,3,16-17H2,1-2H3,(H,30,33). The van der Waals surface area contributed by atoms with Gasteiger partial charge in [0.2, 0.25) is 0 Å². The lowest BCUT2D eigenvalue weighted by molar-refractivity contribution is 0.0518. The van der Waals surface area contributed by atoms with Crippen molar-refractivity contribution in [3.8, 4) is 16.9 Å². The lowest BCUT2D eigenvalue weighted by Gasteiger charge is -2.11. The van der Waals surface area contributed by atoms with E-state index in [9.17, 15) is 14.0 Å². The summed E-state index contributed by atoms with van der Waals surface area (Å²) in [6, 6.07) is 22.8. The van der Waals surface area contributed by atoms with Crippen LogP contribution in [0.5, 0.6) is 0 Å². The number of ether oxygens (including phenoxy) is 1. The summed E-state index contributed by atoms with van der Waals surface area (Å²) in [7, 11) is 0. The molecule has 3 aromatic carbocycles. The number of nitrogens with zero attached hydrogens (tertiary/aromatic N) is 2. The van der Waals surface area contributed by atoms with E-state index in [0.717, 1.165) is 22.4 Å². The van der Waals surface area contributed by atoms with Gasteiger partial charge in [0.1, 0.15) is 5.82 Å². The molecule has 178 valence electrons. The summed E-state index contributed by atoms with van der Waals surface area (Å²) < 4.78 is 19.9. The van der Waals surface area contributed by atoms with Crippen LogP contribution >= 0.6 is 0 Å². The van der Waals surface area contributed by atoms with Gasteiger partial charge in [-0.2, -0.15) is 5.10 Å². The van der Waals surface area contributed by atoms with Gasteiger partial charge in [0.05, 0.1) is 18.0 Å². The zero-order valence-electron chi connectivity index (χ0n) is 19.6. The summed E-state index contributed by atoms with van der Waals surface area (Å²) in [5.41, 5.74) is 5.11. The maximum atomic E-state index is 13.0. The third-order valence-corrected chi connectivity index (χ3v) is 5.60. The highest BCUT2D eigenvalue weighted by Gasteiger charge is 2.19. The number of rotatable bonds is 8. The molecular weight excluding hydrogens is 445 g/mol. The maximum Gasteiger partial charge on any atom is 0.358 e. The summed E-state index contributed by atoms with van der Waals surface area (Å²) in [6.07, 6.45) is 0.605. The van der Waals surface area contributed by atoms with E-state index in [-0.39, 0.29) is 24.0 Å². The molecule has 0 bridgehead atoms. The van der Waals surface area contributed by atoms with E-state index >= 15 is 0 Å². The van der Waals surface area contributed by atoms with Gasteiger partial charge in [-0.1, -0.05) is 36.4 Å². The van der Waals surface area contributed by atoms with Crippen LogP contribution < -0.4 is 5.32 Å². The predicted octanol–water partition coefficient (Wildman–Crippen LogP) is 5.14. The van der Waals surface area contributed by atoms with Crippen LogP contribution in [0.25, 0.3) is 16.9 Å². The fourth-order valence-electron chi connectivity index (χ4n) is 3.76. The molecule has 1 N–H and O–H groups in total. The van der Waals surface area contributed by atoms with Gasteiger partial charge in [0.15, 0.2) is 5.69 Å².